The van der Waals surface area contributed by atoms with Crippen molar-refractivity contribution >= 4 is 11.9 Å². The van der Waals surface area contributed by atoms with E-state index < -0.39 is 23.4 Å². The molecule has 0 bridgehead atoms. The van der Waals surface area contributed by atoms with E-state index in [2.05, 4.69) is 5.32 Å². The van der Waals surface area contributed by atoms with Crippen molar-refractivity contribution in [2.45, 2.75) is 26.4 Å². The molecule has 0 spiro atoms. The Morgan fingerprint density at radius 1 is 1.35 bits per heavy atom. The maximum absolute atomic E-state index is 11.3. The third kappa shape index (κ3) is 8.69. The van der Waals surface area contributed by atoms with Crippen LogP contribution in [-0.2, 0) is 46.1 Å². The molecule has 0 radical (unpaired) electrons. The maximum atomic E-state index is 11.3. The fraction of sp³-hybridized carbons (Fsp3) is 0.778. The van der Waals surface area contributed by atoms with Crippen molar-refractivity contribution < 1.29 is 61.5 Å². The molecule has 0 aromatic rings. The number of carboxylic acids is 1. The summed E-state index contributed by atoms with van der Waals surface area (Å²) >= 11 is 0. The first kappa shape index (κ1) is 22.2. The topological polar surface area (TPSA) is 107 Å². The van der Waals surface area contributed by atoms with Crippen LogP contribution in [0.1, 0.15) is 20.3 Å². The molecule has 6 nitrogen and oxygen atoms in total. The van der Waals surface area contributed by atoms with E-state index >= 15 is 0 Å². The second kappa shape index (κ2) is 9.97. The minimum atomic E-state index is -1.35. The van der Waals surface area contributed by atoms with Gasteiger partial charge < -0.3 is 20.6 Å². The molecule has 0 aromatic heterocycles. The number of aliphatic hydroxyl groups is 2. The first-order valence-corrected chi connectivity index (χ1v) is 4.59. The molecule has 0 fully saturated rings. The first-order chi connectivity index (χ1) is 6.81. The van der Waals surface area contributed by atoms with E-state index in [4.69, 9.17) is 10.2 Å². The zero-order valence-corrected chi connectivity index (χ0v) is 14.0. The molecule has 0 aromatic carbocycles. The third-order valence-electron chi connectivity index (χ3n) is 2.03. The molecule has 8 heteroatoms. The summed E-state index contributed by atoms with van der Waals surface area (Å²) in [5, 5.41) is 29.0. The van der Waals surface area contributed by atoms with Crippen LogP contribution in [-0.4, -0.2) is 46.5 Å². The Balaban J connectivity index is -0.000000980. The summed E-state index contributed by atoms with van der Waals surface area (Å²) in [7, 11) is 0. The Hall–Kier alpha value is 0.00286. The molecule has 0 aliphatic carbocycles. The Morgan fingerprint density at radius 2 is 1.82 bits per heavy atom. The van der Waals surface area contributed by atoms with Crippen LogP contribution in [0.2, 0.25) is 0 Å². The van der Waals surface area contributed by atoms with Crippen LogP contribution in [0.3, 0.4) is 0 Å². The van der Waals surface area contributed by atoms with Crippen molar-refractivity contribution in [1.29, 1.82) is 0 Å². The summed E-state index contributed by atoms with van der Waals surface area (Å²) in [6, 6.07) is 0. The maximum Gasteiger partial charge on any atom is 0.305 e. The Morgan fingerprint density at radius 3 is 2.18 bits per heavy atom. The van der Waals surface area contributed by atoms with E-state index in [1.54, 1.807) is 0 Å². The fourth-order valence-corrected chi connectivity index (χ4v) is 0.831. The van der Waals surface area contributed by atoms with Gasteiger partial charge in [-0.25, -0.2) is 0 Å². The van der Waals surface area contributed by atoms with E-state index in [-0.39, 0.29) is 56.1 Å². The Bertz CT molecular complexity index is 250. The van der Waals surface area contributed by atoms with Crippen LogP contribution in [0.15, 0.2) is 0 Å². The third-order valence-corrected chi connectivity index (χ3v) is 2.03. The fourth-order valence-electron chi connectivity index (χ4n) is 0.831. The van der Waals surface area contributed by atoms with Gasteiger partial charge >= 0.3 is 5.97 Å². The molecule has 0 saturated heterocycles. The van der Waals surface area contributed by atoms with E-state index in [0.717, 1.165) is 0 Å². The number of rotatable bonds is 6. The number of carbonyl (C=O) groups excluding carboxylic acids is 1. The van der Waals surface area contributed by atoms with Gasteiger partial charge in [-0.2, -0.15) is 0 Å². The smallest absolute Gasteiger partial charge is 0.305 e. The number of hydrogen-bond acceptors (Lipinski definition) is 4. The van der Waals surface area contributed by atoms with Gasteiger partial charge in [-0.15, -0.1) is 0 Å². The minimum absolute atomic E-state index is 0. The summed E-state index contributed by atoms with van der Waals surface area (Å²) in [5.74, 6) is -1.69. The number of carbonyl (C=O) groups is 2. The Labute approximate surface area is 123 Å². The molecular weight excluding hydrogens is 323 g/mol. The summed E-state index contributed by atoms with van der Waals surface area (Å²) in [6.07, 6.45) is -1.55. The quantitative estimate of drug-likeness (QED) is 0.462. The predicted molar refractivity (Wildman–Crippen MR) is 52.1 cm³/mol. The number of aliphatic carboxylic acids is 1. The van der Waals surface area contributed by atoms with Crippen molar-refractivity contribution in [1.82, 2.24) is 5.32 Å². The molecule has 17 heavy (non-hydrogen) atoms. The van der Waals surface area contributed by atoms with Gasteiger partial charge in [0.15, 0.2) is 0 Å². The van der Waals surface area contributed by atoms with E-state index in [1.165, 1.54) is 13.8 Å². The number of nitrogens with one attached hydrogen (secondary N) is 1. The van der Waals surface area contributed by atoms with Crippen LogP contribution in [0.5, 0.6) is 0 Å². The molecule has 0 aliphatic heterocycles. The van der Waals surface area contributed by atoms with Crippen molar-refractivity contribution in [3.8, 4) is 0 Å². The summed E-state index contributed by atoms with van der Waals surface area (Å²) in [5.41, 5.74) is -0.937. The van der Waals surface area contributed by atoms with Crippen molar-refractivity contribution in [3.05, 3.63) is 0 Å². The van der Waals surface area contributed by atoms with E-state index in [0.29, 0.717) is 0 Å². The van der Waals surface area contributed by atoms with Crippen molar-refractivity contribution in [2.24, 2.45) is 5.41 Å². The standard InChI is InChI=1S/C9H17NO5.Fe.Zn/c1-9(2,5-11)7(14)8(15)10-4-3-6(12)13;;/h7,11,14H,3-5H2,1-2H3,(H,10,15)(H,12,13);;/t7-;;/m0../s1. The number of carboxylic acid groups (broad SMARTS) is 1. The van der Waals surface area contributed by atoms with Crippen molar-refractivity contribution in [2.75, 3.05) is 13.2 Å². The van der Waals surface area contributed by atoms with Crippen LogP contribution in [0, 0.1) is 5.41 Å². The molecule has 0 unspecified atom stereocenters. The number of hydrogen-bond donors (Lipinski definition) is 4. The SMILES string of the molecule is CC(C)(CO)[C@@H](O)C(=O)NCCC(=O)O.[Fe].[Zn]. The number of aliphatic hydroxyl groups excluding tert-OH is 2. The molecule has 0 rings (SSSR count). The molecule has 1 atom stereocenters. The van der Waals surface area contributed by atoms with Crippen LogP contribution in [0.4, 0.5) is 0 Å². The van der Waals surface area contributed by atoms with Crippen LogP contribution >= 0.6 is 0 Å². The van der Waals surface area contributed by atoms with Gasteiger partial charge in [-0.1, -0.05) is 13.8 Å². The molecule has 98 valence electrons. The van der Waals surface area contributed by atoms with Gasteiger partial charge in [0.25, 0.3) is 0 Å². The average Bonchev–Trinajstić information content (AvgIpc) is 2.15. The van der Waals surface area contributed by atoms with Gasteiger partial charge in [0, 0.05) is 48.5 Å². The van der Waals surface area contributed by atoms with E-state index in [1.807, 2.05) is 0 Å². The number of amides is 1. The monoisotopic (exact) mass is 339 g/mol. The minimum Gasteiger partial charge on any atom is -0.481 e. The average molecular weight is 340 g/mol. The normalized spacial score (nSPS) is 11.8. The van der Waals surface area contributed by atoms with Crippen LogP contribution in [0.25, 0.3) is 0 Å². The van der Waals surface area contributed by atoms with Gasteiger partial charge in [0.2, 0.25) is 5.91 Å². The van der Waals surface area contributed by atoms with Gasteiger partial charge in [0.05, 0.1) is 13.0 Å². The zero-order valence-electron chi connectivity index (χ0n) is 9.92. The Kier molecular flexibility index (Phi) is 13.0. The van der Waals surface area contributed by atoms with E-state index in [9.17, 15) is 14.7 Å². The van der Waals surface area contributed by atoms with Crippen LogP contribution < -0.4 is 5.32 Å². The van der Waals surface area contributed by atoms with Crippen molar-refractivity contribution in [3.63, 3.8) is 0 Å². The molecule has 0 aliphatic rings. The molecule has 4 N–H and O–H groups in total. The molecular formula is C9H17FeNO5Zn. The largest absolute Gasteiger partial charge is 0.481 e. The van der Waals surface area contributed by atoms with Gasteiger partial charge in [-0.05, 0) is 0 Å². The predicted octanol–water partition coefficient (Wildman–Crippen LogP) is -1.05. The second-order valence-corrected chi connectivity index (χ2v) is 3.98. The first-order valence-electron chi connectivity index (χ1n) is 4.59. The van der Waals surface area contributed by atoms with Gasteiger partial charge in [0.1, 0.15) is 6.10 Å². The summed E-state index contributed by atoms with van der Waals surface area (Å²) < 4.78 is 0. The zero-order chi connectivity index (χ0) is 12.1. The second-order valence-electron chi connectivity index (χ2n) is 3.98. The molecule has 0 heterocycles. The molecule has 0 saturated carbocycles. The summed E-state index contributed by atoms with van der Waals surface area (Å²) in [6.45, 7) is 2.70. The summed E-state index contributed by atoms with van der Waals surface area (Å²) in [4.78, 5) is 21.4. The molecule has 1 amide bonds. The van der Waals surface area contributed by atoms with Gasteiger partial charge in [-0.3, -0.25) is 9.59 Å².